The number of hydrogen-bond acceptors (Lipinski definition) is 6. The van der Waals surface area contributed by atoms with E-state index in [1.807, 2.05) is 0 Å². The van der Waals surface area contributed by atoms with Crippen molar-refractivity contribution < 1.29 is 18.8 Å². The normalized spacial score (nSPS) is 12.9. The highest BCUT2D eigenvalue weighted by atomic mass is 19.1. The smallest absolute Gasteiger partial charge is 0.340 e. The highest BCUT2D eigenvalue weighted by Crippen LogP contribution is 2.21. The number of carbonyl (C=O) groups excluding carboxylic acids is 1. The summed E-state index contributed by atoms with van der Waals surface area (Å²) in [5.74, 6) is -0.641. The number of aryl methyl sites for hydroxylation is 1. The van der Waals surface area contributed by atoms with Crippen LogP contribution in [0.25, 0.3) is 0 Å². The molecule has 8 heteroatoms. The van der Waals surface area contributed by atoms with Gasteiger partial charge in [0.2, 0.25) is 0 Å². The molecule has 0 fully saturated rings. The van der Waals surface area contributed by atoms with E-state index in [2.05, 4.69) is 10.3 Å². The molecule has 0 bridgehead atoms. The van der Waals surface area contributed by atoms with E-state index >= 15 is 0 Å². The van der Waals surface area contributed by atoms with Crippen molar-refractivity contribution in [3.63, 3.8) is 0 Å². The zero-order chi connectivity index (χ0) is 17.1. The summed E-state index contributed by atoms with van der Waals surface area (Å²) in [5.41, 5.74) is 0.951. The molecule has 7 nitrogen and oxygen atoms in total. The van der Waals surface area contributed by atoms with Crippen LogP contribution in [0.4, 0.5) is 15.9 Å². The number of nitro benzene ring substituents is 1. The summed E-state index contributed by atoms with van der Waals surface area (Å²) in [6.45, 7) is 0.543. The van der Waals surface area contributed by atoms with Gasteiger partial charge in [-0.3, -0.25) is 10.1 Å². The number of nitrogens with zero attached hydrogens (tertiary/aromatic N) is 2. The van der Waals surface area contributed by atoms with Crippen molar-refractivity contribution in [2.45, 2.75) is 19.4 Å². The first kappa shape index (κ1) is 15.9. The van der Waals surface area contributed by atoms with Gasteiger partial charge < -0.3 is 10.1 Å². The van der Waals surface area contributed by atoms with Gasteiger partial charge in [0, 0.05) is 24.4 Å². The second-order valence-corrected chi connectivity index (χ2v) is 5.37. The van der Waals surface area contributed by atoms with Crippen LogP contribution in [0.15, 0.2) is 30.5 Å². The van der Waals surface area contributed by atoms with E-state index in [-0.39, 0.29) is 17.9 Å². The van der Waals surface area contributed by atoms with Crippen LogP contribution in [0, 0.1) is 15.9 Å². The van der Waals surface area contributed by atoms with E-state index in [4.69, 9.17) is 4.74 Å². The number of benzene rings is 1. The summed E-state index contributed by atoms with van der Waals surface area (Å²) < 4.78 is 18.8. The average Bonchev–Trinajstić information content (AvgIpc) is 2.59. The van der Waals surface area contributed by atoms with E-state index in [0.717, 1.165) is 36.8 Å². The van der Waals surface area contributed by atoms with E-state index in [9.17, 15) is 19.3 Å². The number of hydrogen-bond donors (Lipinski definition) is 1. The molecule has 0 aliphatic carbocycles. The number of anilines is 1. The summed E-state index contributed by atoms with van der Waals surface area (Å²) in [4.78, 5) is 26.1. The minimum Gasteiger partial charge on any atom is -0.457 e. The monoisotopic (exact) mass is 331 g/mol. The fourth-order valence-corrected chi connectivity index (χ4v) is 2.45. The Kier molecular flexibility index (Phi) is 4.37. The molecule has 0 radical (unpaired) electrons. The van der Waals surface area contributed by atoms with Crippen molar-refractivity contribution in [3.8, 4) is 0 Å². The summed E-state index contributed by atoms with van der Waals surface area (Å²) in [6.07, 6.45) is 3.19. The van der Waals surface area contributed by atoms with Crippen molar-refractivity contribution >= 4 is 17.5 Å². The number of nitro groups is 1. The average molecular weight is 331 g/mol. The molecule has 1 aromatic carbocycles. The van der Waals surface area contributed by atoms with Crippen molar-refractivity contribution in [3.05, 3.63) is 63.1 Å². The first-order valence-electron chi connectivity index (χ1n) is 7.37. The molecule has 1 aliphatic heterocycles. The zero-order valence-corrected chi connectivity index (χ0v) is 12.6. The first-order chi connectivity index (χ1) is 11.5. The third-order valence-electron chi connectivity index (χ3n) is 3.72. The van der Waals surface area contributed by atoms with Crippen LogP contribution in [0.1, 0.15) is 27.9 Å². The van der Waals surface area contributed by atoms with E-state index in [1.54, 1.807) is 6.07 Å². The molecular weight excluding hydrogens is 317 g/mol. The minimum absolute atomic E-state index is 0.0709. The lowest BCUT2D eigenvalue weighted by Crippen LogP contribution is -2.15. The predicted molar refractivity (Wildman–Crippen MR) is 83.2 cm³/mol. The highest BCUT2D eigenvalue weighted by Gasteiger charge is 2.16. The van der Waals surface area contributed by atoms with Crippen LogP contribution in [0.5, 0.6) is 0 Å². The lowest BCUT2D eigenvalue weighted by Gasteiger charge is -2.17. The van der Waals surface area contributed by atoms with Gasteiger partial charge in [0.25, 0.3) is 5.69 Å². The molecular formula is C16H14FN3O4. The molecule has 3 rings (SSSR count). The van der Waals surface area contributed by atoms with Crippen molar-refractivity contribution in [1.82, 2.24) is 4.98 Å². The lowest BCUT2D eigenvalue weighted by atomic mass is 10.1. The molecule has 24 heavy (non-hydrogen) atoms. The number of rotatable bonds is 4. The molecule has 2 heterocycles. The van der Waals surface area contributed by atoms with Crippen molar-refractivity contribution in [1.29, 1.82) is 0 Å². The second-order valence-electron chi connectivity index (χ2n) is 5.37. The summed E-state index contributed by atoms with van der Waals surface area (Å²) in [5, 5.41) is 13.7. The number of aromatic nitrogens is 1. The third-order valence-corrected chi connectivity index (χ3v) is 3.72. The molecule has 2 aromatic rings. The molecule has 1 N–H and O–H groups in total. The van der Waals surface area contributed by atoms with E-state index in [1.165, 1.54) is 18.3 Å². The summed E-state index contributed by atoms with van der Waals surface area (Å²) >= 11 is 0. The SMILES string of the molecule is O=C(OCc1ccc([N+](=O)[O-])cc1F)c1cnc2c(c1)CCCN2. The van der Waals surface area contributed by atoms with Gasteiger partial charge in [0.1, 0.15) is 18.2 Å². The van der Waals surface area contributed by atoms with Gasteiger partial charge in [-0.25, -0.2) is 14.2 Å². The molecule has 0 amide bonds. The van der Waals surface area contributed by atoms with Crippen LogP contribution >= 0.6 is 0 Å². The standard InChI is InChI=1S/C16H14FN3O4/c17-14-7-13(20(22)23)4-3-11(14)9-24-16(21)12-6-10-2-1-5-18-15(10)19-8-12/h3-4,6-8H,1-2,5,9H2,(H,18,19). The minimum atomic E-state index is -0.787. The molecule has 1 aromatic heterocycles. The van der Waals surface area contributed by atoms with Gasteiger partial charge in [-0.05, 0) is 30.5 Å². The topological polar surface area (TPSA) is 94.4 Å². The van der Waals surface area contributed by atoms with Crippen LogP contribution in [-0.2, 0) is 17.8 Å². The molecule has 0 saturated carbocycles. The summed E-state index contributed by atoms with van der Waals surface area (Å²) in [6, 6.07) is 4.91. The molecule has 0 spiro atoms. The van der Waals surface area contributed by atoms with Gasteiger partial charge >= 0.3 is 5.97 Å². The first-order valence-corrected chi connectivity index (χ1v) is 7.37. The van der Waals surface area contributed by atoms with Crippen molar-refractivity contribution in [2.24, 2.45) is 0 Å². The maximum absolute atomic E-state index is 13.8. The fourth-order valence-electron chi connectivity index (χ4n) is 2.45. The van der Waals surface area contributed by atoms with Crippen LogP contribution in [0.2, 0.25) is 0 Å². The Morgan fingerprint density at radius 1 is 1.42 bits per heavy atom. The van der Waals surface area contributed by atoms with Gasteiger partial charge in [-0.1, -0.05) is 0 Å². The molecule has 1 aliphatic rings. The molecule has 124 valence electrons. The van der Waals surface area contributed by atoms with Crippen molar-refractivity contribution in [2.75, 3.05) is 11.9 Å². The predicted octanol–water partition coefficient (Wildman–Crippen LogP) is 2.84. The third kappa shape index (κ3) is 3.32. The Morgan fingerprint density at radius 3 is 3.00 bits per heavy atom. The Balaban J connectivity index is 1.68. The van der Waals surface area contributed by atoms with Gasteiger partial charge in [0.05, 0.1) is 16.6 Å². The van der Waals surface area contributed by atoms with E-state index < -0.39 is 16.7 Å². The van der Waals surface area contributed by atoms with Crippen LogP contribution < -0.4 is 5.32 Å². The van der Waals surface area contributed by atoms with Gasteiger partial charge in [-0.2, -0.15) is 0 Å². The van der Waals surface area contributed by atoms with E-state index in [0.29, 0.717) is 5.56 Å². The number of carbonyl (C=O) groups is 1. The Labute approximate surface area is 136 Å². The maximum atomic E-state index is 13.8. The van der Waals surface area contributed by atoms with Crippen LogP contribution in [0.3, 0.4) is 0 Å². The Bertz CT molecular complexity index is 810. The number of non-ortho nitro benzene ring substituents is 1. The summed E-state index contributed by atoms with van der Waals surface area (Å²) in [7, 11) is 0. The Hall–Kier alpha value is -3.03. The molecule has 0 atom stereocenters. The fraction of sp³-hybridized carbons (Fsp3) is 0.250. The Morgan fingerprint density at radius 2 is 2.25 bits per heavy atom. The van der Waals surface area contributed by atoms with Crippen LogP contribution in [-0.4, -0.2) is 22.4 Å². The van der Waals surface area contributed by atoms with Gasteiger partial charge in [0.15, 0.2) is 0 Å². The quantitative estimate of drug-likeness (QED) is 0.526. The number of ether oxygens (including phenoxy) is 1. The number of nitrogens with one attached hydrogen (secondary N) is 1. The molecule has 0 saturated heterocycles. The lowest BCUT2D eigenvalue weighted by molar-refractivity contribution is -0.385. The maximum Gasteiger partial charge on any atom is 0.340 e. The number of pyridine rings is 1. The second kappa shape index (κ2) is 6.61. The number of esters is 1. The van der Waals surface area contributed by atoms with Gasteiger partial charge in [-0.15, -0.1) is 0 Å². The largest absolute Gasteiger partial charge is 0.457 e. The molecule has 0 unspecified atom stereocenters. The number of fused-ring (bicyclic) bond motifs is 1. The zero-order valence-electron chi connectivity index (χ0n) is 12.6. The number of halogens is 1. The highest BCUT2D eigenvalue weighted by molar-refractivity contribution is 5.89.